The van der Waals surface area contributed by atoms with Gasteiger partial charge < -0.3 is 5.43 Å². The van der Waals surface area contributed by atoms with E-state index in [1.807, 2.05) is 5.01 Å². The van der Waals surface area contributed by atoms with Crippen LogP contribution in [0.4, 0.5) is 19.0 Å². The number of aromatic nitrogens is 2. The van der Waals surface area contributed by atoms with Crippen molar-refractivity contribution in [1.29, 1.82) is 0 Å². The number of rotatable bonds is 2. The molecule has 0 unspecified atom stereocenters. The highest BCUT2D eigenvalue weighted by molar-refractivity contribution is 6.29. The standard InChI is InChI=1S/C10H12ClF3N4/c11-7-6-8(16-9(15-7)10(12,13)14)17-18-4-2-1-3-5-18/h6H,1-5H2,(H,15,16,17). The van der Waals surface area contributed by atoms with Crippen LogP contribution in [0.5, 0.6) is 0 Å². The van der Waals surface area contributed by atoms with E-state index in [1.165, 1.54) is 6.07 Å². The summed E-state index contributed by atoms with van der Waals surface area (Å²) in [5.74, 6) is -1.15. The highest BCUT2D eigenvalue weighted by atomic mass is 35.5. The van der Waals surface area contributed by atoms with Crippen molar-refractivity contribution >= 4 is 17.4 Å². The molecule has 1 N–H and O–H groups in total. The third-order valence-corrected chi connectivity index (χ3v) is 2.77. The summed E-state index contributed by atoms with van der Waals surface area (Å²) in [7, 11) is 0. The molecule has 0 aliphatic carbocycles. The summed E-state index contributed by atoms with van der Waals surface area (Å²) < 4.78 is 37.5. The summed E-state index contributed by atoms with van der Waals surface area (Å²) in [6.07, 6.45) is -1.43. The number of hydrogen-bond donors (Lipinski definition) is 1. The first kappa shape index (κ1) is 13.4. The Labute approximate surface area is 107 Å². The average Bonchev–Trinajstić information content (AvgIpc) is 2.28. The first-order valence-corrected chi connectivity index (χ1v) is 5.96. The molecule has 1 aromatic heterocycles. The van der Waals surface area contributed by atoms with E-state index >= 15 is 0 Å². The minimum absolute atomic E-state index is 0.0734. The smallest absolute Gasteiger partial charge is 0.303 e. The van der Waals surface area contributed by atoms with Crippen LogP contribution in [0.2, 0.25) is 5.15 Å². The molecular formula is C10H12ClF3N4. The van der Waals surface area contributed by atoms with Gasteiger partial charge in [-0.1, -0.05) is 18.0 Å². The van der Waals surface area contributed by atoms with Crippen LogP contribution in [-0.4, -0.2) is 28.1 Å². The van der Waals surface area contributed by atoms with Crippen molar-refractivity contribution in [1.82, 2.24) is 15.0 Å². The van der Waals surface area contributed by atoms with Crippen LogP contribution in [0.25, 0.3) is 0 Å². The molecule has 1 aromatic rings. The van der Waals surface area contributed by atoms with Crippen LogP contribution in [0.15, 0.2) is 6.07 Å². The van der Waals surface area contributed by atoms with Crippen molar-refractivity contribution in [3.05, 3.63) is 17.0 Å². The maximum absolute atomic E-state index is 12.5. The van der Waals surface area contributed by atoms with Gasteiger partial charge in [-0.2, -0.15) is 13.2 Å². The number of halogens is 4. The molecular weight excluding hydrogens is 269 g/mol. The van der Waals surface area contributed by atoms with Crippen molar-refractivity contribution in [3.8, 4) is 0 Å². The maximum Gasteiger partial charge on any atom is 0.451 e. The quantitative estimate of drug-likeness (QED) is 0.846. The molecule has 4 nitrogen and oxygen atoms in total. The lowest BCUT2D eigenvalue weighted by atomic mass is 10.2. The molecule has 0 radical (unpaired) electrons. The van der Waals surface area contributed by atoms with Gasteiger partial charge in [0.05, 0.1) is 0 Å². The number of hydrogen-bond acceptors (Lipinski definition) is 4. The first-order valence-electron chi connectivity index (χ1n) is 5.58. The van der Waals surface area contributed by atoms with E-state index in [9.17, 15) is 13.2 Å². The largest absolute Gasteiger partial charge is 0.451 e. The van der Waals surface area contributed by atoms with Gasteiger partial charge in [-0.25, -0.2) is 15.0 Å². The van der Waals surface area contributed by atoms with Gasteiger partial charge >= 0.3 is 6.18 Å². The monoisotopic (exact) mass is 280 g/mol. The van der Waals surface area contributed by atoms with Crippen LogP contribution in [0.1, 0.15) is 25.1 Å². The molecule has 0 atom stereocenters. The molecule has 2 heterocycles. The van der Waals surface area contributed by atoms with Crippen LogP contribution in [0, 0.1) is 0 Å². The van der Waals surface area contributed by atoms with Gasteiger partial charge in [0.25, 0.3) is 0 Å². The van der Waals surface area contributed by atoms with E-state index in [0.29, 0.717) is 0 Å². The topological polar surface area (TPSA) is 41.1 Å². The lowest BCUT2D eigenvalue weighted by Gasteiger charge is -2.27. The minimum Gasteiger partial charge on any atom is -0.303 e. The second-order valence-corrected chi connectivity index (χ2v) is 4.44. The Bertz CT molecular complexity index is 418. The van der Waals surface area contributed by atoms with E-state index in [0.717, 1.165) is 32.4 Å². The summed E-state index contributed by atoms with van der Waals surface area (Å²) >= 11 is 5.56. The van der Waals surface area contributed by atoms with Gasteiger partial charge in [0.15, 0.2) is 0 Å². The van der Waals surface area contributed by atoms with E-state index < -0.39 is 12.0 Å². The third kappa shape index (κ3) is 3.46. The third-order valence-electron chi connectivity index (χ3n) is 2.58. The van der Waals surface area contributed by atoms with Crippen molar-refractivity contribution in [3.63, 3.8) is 0 Å². The Morgan fingerprint density at radius 1 is 1.17 bits per heavy atom. The van der Waals surface area contributed by atoms with E-state index in [4.69, 9.17) is 11.6 Å². The number of nitrogens with zero attached hydrogens (tertiary/aromatic N) is 3. The van der Waals surface area contributed by atoms with E-state index in [1.54, 1.807) is 0 Å². The summed E-state index contributed by atoms with van der Waals surface area (Å²) in [6, 6.07) is 1.28. The molecule has 1 fully saturated rings. The Hall–Kier alpha value is -1.08. The van der Waals surface area contributed by atoms with Gasteiger partial charge in [-0.05, 0) is 12.8 Å². The fraction of sp³-hybridized carbons (Fsp3) is 0.600. The van der Waals surface area contributed by atoms with E-state index in [-0.39, 0.29) is 11.0 Å². The zero-order valence-corrected chi connectivity index (χ0v) is 10.2. The maximum atomic E-state index is 12.5. The fourth-order valence-corrected chi connectivity index (χ4v) is 1.95. The van der Waals surface area contributed by atoms with Gasteiger partial charge in [0, 0.05) is 19.2 Å². The van der Waals surface area contributed by atoms with E-state index in [2.05, 4.69) is 15.4 Å². The lowest BCUT2D eigenvalue weighted by Crippen LogP contribution is -2.35. The molecule has 1 aliphatic heterocycles. The number of piperidine rings is 1. The van der Waals surface area contributed by atoms with Crippen LogP contribution in [-0.2, 0) is 6.18 Å². The number of nitrogens with one attached hydrogen (secondary N) is 1. The van der Waals surface area contributed by atoms with Crippen LogP contribution < -0.4 is 5.43 Å². The molecule has 8 heteroatoms. The molecule has 18 heavy (non-hydrogen) atoms. The zero-order valence-electron chi connectivity index (χ0n) is 9.47. The van der Waals surface area contributed by atoms with Crippen molar-refractivity contribution < 1.29 is 13.2 Å². The fourth-order valence-electron chi connectivity index (χ4n) is 1.77. The van der Waals surface area contributed by atoms with Crippen molar-refractivity contribution in [2.75, 3.05) is 18.5 Å². The molecule has 0 aromatic carbocycles. The SMILES string of the molecule is FC(F)(F)c1nc(Cl)cc(NN2CCCCC2)n1. The van der Waals surface area contributed by atoms with Crippen molar-refractivity contribution in [2.24, 2.45) is 0 Å². The number of hydrazine groups is 1. The predicted octanol–water partition coefficient (Wildman–Crippen LogP) is 2.96. The molecule has 1 aliphatic rings. The Morgan fingerprint density at radius 3 is 2.44 bits per heavy atom. The predicted molar refractivity (Wildman–Crippen MR) is 61.1 cm³/mol. The summed E-state index contributed by atoms with van der Waals surface area (Å²) in [4.78, 5) is 6.59. The molecule has 0 amide bonds. The van der Waals surface area contributed by atoms with Crippen molar-refractivity contribution in [2.45, 2.75) is 25.4 Å². The lowest BCUT2D eigenvalue weighted by molar-refractivity contribution is -0.144. The van der Waals surface area contributed by atoms with Gasteiger partial charge in [0.2, 0.25) is 5.82 Å². The Morgan fingerprint density at radius 2 is 1.83 bits per heavy atom. The number of alkyl halides is 3. The van der Waals surface area contributed by atoms with Gasteiger partial charge in [-0.15, -0.1) is 0 Å². The molecule has 0 bridgehead atoms. The summed E-state index contributed by atoms with van der Waals surface area (Å²) in [6.45, 7) is 1.56. The second-order valence-electron chi connectivity index (χ2n) is 4.06. The Kier molecular flexibility index (Phi) is 3.91. The number of anilines is 1. The van der Waals surface area contributed by atoms with Gasteiger partial charge in [-0.3, -0.25) is 0 Å². The Balaban J connectivity index is 2.14. The highest BCUT2D eigenvalue weighted by Gasteiger charge is 2.35. The molecule has 0 spiro atoms. The summed E-state index contributed by atoms with van der Waals surface area (Å²) in [5, 5.41) is 1.61. The second kappa shape index (κ2) is 5.27. The highest BCUT2D eigenvalue weighted by Crippen LogP contribution is 2.28. The first-order chi connectivity index (χ1) is 8.45. The van der Waals surface area contributed by atoms with Crippen LogP contribution in [0.3, 0.4) is 0 Å². The molecule has 1 saturated heterocycles. The molecule has 2 rings (SSSR count). The minimum atomic E-state index is -4.59. The van der Waals surface area contributed by atoms with Crippen LogP contribution >= 0.6 is 11.6 Å². The average molecular weight is 281 g/mol. The molecule has 0 saturated carbocycles. The summed E-state index contributed by atoms with van der Waals surface area (Å²) in [5.41, 5.74) is 2.83. The van der Waals surface area contributed by atoms with Gasteiger partial charge in [0.1, 0.15) is 11.0 Å². The zero-order chi connectivity index (χ0) is 13.2. The molecule has 100 valence electrons. The normalized spacial score (nSPS) is 17.8.